The minimum absolute atomic E-state index is 0.202. The molecule has 0 amide bonds. The molecule has 0 spiro atoms. The van der Waals surface area contributed by atoms with Crippen LogP contribution in [0.5, 0.6) is 0 Å². The van der Waals surface area contributed by atoms with Crippen LogP contribution in [-0.4, -0.2) is 88.9 Å². The van der Waals surface area contributed by atoms with Crippen molar-refractivity contribution in [1.29, 1.82) is 0 Å². The number of hydrogen-bond donors (Lipinski definition) is 4. The summed E-state index contributed by atoms with van der Waals surface area (Å²) in [4.78, 5) is 12.1. The zero-order chi connectivity index (χ0) is 34.3. The van der Waals surface area contributed by atoms with Crippen molar-refractivity contribution in [2.75, 3.05) is 38.0 Å². The quantitative estimate of drug-likeness (QED) is 0.205. The molecule has 0 saturated heterocycles. The number of aromatic amines is 1. The van der Waals surface area contributed by atoms with E-state index >= 15 is 0 Å². The second-order valence-electron chi connectivity index (χ2n) is 11.6. The molecule has 2 aromatic carbocycles. The smallest absolute Gasteiger partial charge is 0.264 e. The fraction of sp³-hybridized carbons (Fsp3) is 0.438. The van der Waals surface area contributed by atoms with E-state index in [0.29, 0.717) is 38.0 Å². The van der Waals surface area contributed by atoms with Crippen LogP contribution in [0.4, 0.5) is 5.69 Å². The van der Waals surface area contributed by atoms with Gasteiger partial charge in [0.25, 0.3) is 20.0 Å². The molecule has 3 aliphatic heterocycles. The number of fused-ring (bicyclic) bond motifs is 2. The van der Waals surface area contributed by atoms with Gasteiger partial charge in [0.1, 0.15) is 0 Å². The van der Waals surface area contributed by atoms with E-state index in [1.54, 1.807) is 46.5 Å². The molecule has 6 rings (SSSR count). The summed E-state index contributed by atoms with van der Waals surface area (Å²) in [7, 11) is -7.41. The highest BCUT2D eigenvalue weighted by atomic mass is 32.2. The molecule has 0 fully saturated rings. The van der Waals surface area contributed by atoms with E-state index in [1.807, 2.05) is 38.4 Å². The van der Waals surface area contributed by atoms with Crippen molar-refractivity contribution in [3.05, 3.63) is 54.2 Å². The van der Waals surface area contributed by atoms with Gasteiger partial charge < -0.3 is 10.3 Å². The standard InChI is InChI=1S/C16H23N5O2S.C16H21N5O2S/c2*1-3-12-10-19-21(11-12)16(17-4-2)20-24(22,23)14-5-6-15-13(9-14)7-8-18-15/h5-6,9-10,12,18H,3-4,7-8,11H2,1-2H3,(H,17,20);5-10,12,18H,3-4,11H2,1-2H3,(H,17,20). The van der Waals surface area contributed by atoms with Crippen LogP contribution in [0.1, 0.15) is 46.1 Å². The largest absolute Gasteiger partial charge is 0.384 e. The summed E-state index contributed by atoms with van der Waals surface area (Å²) in [5.74, 6) is 1.18. The Morgan fingerprint density at radius 3 is 1.92 bits per heavy atom. The fourth-order valence-corrected chi connectivity index (χ4v) is 7.50. The number of hydrazone groups is 2. The maximum Gasteiger partial charge on any atom is 0.264 e. The van der Waals surface area contributed by atoms with Gasteiger partial charge in [0, 0.05) is 66.7 Å². The molecule has 4 N–H and O–H groups in total. The number of benzene rings is 2. The maximum absolute atomic E-state index is 12.7. The number of rotatable bonds is 8. The number of guanidine groups is 2. The highest BCUT2D eigenvalue weighted by molar-refractivity contribution is 7.90. The minimum atomic E-state index is -3.72. The van der Waals surface area contributed by atoms with Gasteiger partial charge >= 0.3 is 0 Å². The van der Waals surface area contributed by atoms with Gasteiger partial charge in [-0.3, -0.25) is 9.98 Å². The molecule has 0 saturated carbocycles. The van der Waals surface area contributed by atoms with Crippen LogP contribution in [0.2, 0.25) is 0 Å². The van der Waals surface area contributed by atoms with Crippen molar-refractivity contribution in [3.63, 3.8) is 0 Å². The molecule has 2 atom stereocenters. The normalized spacial score (nSPS) is 19.3. The third-order valence-corrected chi connectivity index (χ3v) is 10.8. The second kappa shape index (κ2) is 15.2. The van der Waals surface area contributed by atoms with Gasteiger partial charge in [-0.15, -0.1) is 0 Å². The Morgan fingerprint density at radius 1 is 0.812 bits per heavy atom. The highest BCUT2D eigenvalue weighted by Gasteiger charge is 2.27. The first-order valence-electron chi connectivity index (χ1n) is 16.3. The number of aromatic nitrogens is 1. The number of anilines is 1. The van der Waals surface area contributed by atoms with Crippen LogP contribution in [0.3, 0.4) is 0 Å². The molecule has 258 valence electrons. The summed E-state index contributed by atoms with van der Waals surface area (Å²) >= 11 is 0. The van der Waals surface area contributed by atoms with Gasteiger partial charge in [-0.05, 0) is 81.1 Å². The van der Waals surface area contributed by atoms with Crippen molar-refractivity contribution >= 4 is 61.0 Å². The van der Waals surface area contributed by atoms with E-state index < -0.39 is 20.0 Å². The number of hydrogen-bond acceptors (Lipinski definition) is 9. The molecule has 0 aliphatic carbocycles. The average molecular weight is 697 g/mol. The zero-order valence-electron chi connectivity index (χ0n) is 27.7. The average Bonchev–Trinajstić information content (AvgIpc) is 3.90. The Hall–Kier alpha value is -4.44. The molecule has 16 heteroatoms. The molecule has 0 radical (unpaired) electrons. The van der Waals surface area contributed by atoms with Gasteiger partial charge in [0.15, 0.2) is 0 Å². The summed E-state index contributed by atoms with van der Waals surface area (Å²) in [6, 6.07) is 12.0. The van der Waals surface area contributed by atoms with Crippen LogP contribution in [0.15, 0.2) is 78.6 Å². The summed E-state index contributed by atoms with van der Waals surface area (Å²) in [5.41, 5.74) is 2.93. The third-order valence-electron chi connectivity index (χ3n) is 8.19. The second-order valence-corrected chi connectivity index (χ2v) is 14.9. The van der Waals surface area contributed by atoms with Crippen LogP contribution < -0.4 is 14.8 Å². The van der Waals surface area contributed by atoms with Gasteiger partial charge in [0.05, 0.1) is 22.9 Å². The first-order chi connectivity index (χ1) is 23.1. The molecular formula is C32H44N10O4S2. The lowest BCUT2D eigenvalue weighted by molar-refractivity contribution is 0.429. The molecule has 0 bridgehead atoms. The monoisotopic (exact) mass is 696 g/mol. The number of aliphatic imine (C=N–C) groups is 2. The predicted octanol–water partition coefficient (Wildman–Crippen LogP) is 3.79. The summed E-state index contributed by atoms with van der Waals surface area (Å²) in [6.45, 7) is 11.0. The van der Waals surface area contributed by atoms with Crippen molar-refractivity contribution in [3.8, 4) is 0 Å². The molecule has 14 nitrogen and oxygen atoms in total. The lowest BCUT2D eigenvalue weighted by atomic mass is 10.1. The topological polar surface area (TPSA) is 176 Å². The molecule has 2 unspecified atom stereocenters. The van der Waals surface area contributed by atoms with E-state index in [2.05, 4.69) is 53.8 Å². The van der Waals surface area contributed by atoms with Crippen molar-refractivity contribution < 1.29 is 16.8 Å². The Balaban J connectivity index is 0.000000188. The van der Waals surface area contributed by atoms with Gasteiger partial charge in [-0.1, -0.05) is 13.8 Å². The van der Waals surface area contributed by atoms with Gasteiger partial charge in [0.2, 0.25) is 11.9 Å². The molecule has 3 aromatic rings. The SMILES string of the molecule is CCN=C(NS(=O)(=O)c1ccc2[nH]ccc2c1)N1CC(CC)C=N1.CCN=C(NS(=O)(=O)c1ccc2c(c1)CCN2)N1CC(CC)C=N1. The lowest BCUT2D eigenvalue weighted by Crippen LogP contribution is -2.41. The Morgan fingerprint density at radius 2 is 1.38 bits per heavy atom. The predicted molar refractivity (Wildman–Crippen MR) is 191 cm³/mol. The summed E-state index contributed by atoms with van der Waals surface area (Å²) < 4.78 is 56.1. The molecule has 48 heavy (non-hydrogen) atoms. The molecule has 3 aliphatic rings. The molecule has 1 aromatic heterocycles. The molecular weight excluding hydrogens is 653 g/mol. The van der Waals surface area contributed by atoms with Gasteiger partial charge in [-0.25, -0.2) is 36.3 Å². The van der Waals surface area contributed by atoms with E-state index in [-0.39, 0.29) is 21.7 Å². The third kappa shape index (κ3) is 8.16. The Labute approximate surface area is 282 Å². The van der Waals surface area contributed by atoms with E-state index in [0.717, 1.165) is 48.0 Å². The van der Waals surface area contributed by atoms with Crippen molar-refractivity contribution in [2.24, 2.45) is 32.0 Å². The van der Waals surface area contributed by atoms with Gasteiger partial charge in [-0.2, -0.15) is 10.2 Å². The van der Waals surface area contributed by atoms with Crippen LogP contribution >= 0.6 is 0 Å². The Bertz CT molecular complexity index is 1940. The van der Waals surface area contributed by atoms with Crippen LogP contribution in [0.25, 0.3) is 10.9 Å². The highest BCUT2D eigenvalue weighted by Crippen LogP contribution is 2.25. The summed E-state index contributed by atoms with van der Waals surface area (Å²) in [6.07, 6.45) is 8.22. The number of nitrogens with zero attached hydrogens (tertiary/aromatic N) is 6. The fourth-order valence-electron chi connectivity index (χ4n) is 5.37. The number of sulfonamides is 2. The van der Waals surface area contributed by atoms with E-state index in [9.17, 15) is 16.8 Å². The Kier molecular flexibility index (Phi) is 11.0. The zero-order valence-corrected chi connectivity index (χ0v) is 29.4. The van der Waals surface area contributed by atoms with Crippen LogP contribution in [-0.2, 0) is 26.5 Å². The number of H-pyrrole nitrogens is 1. The molecule has 4 heterocycles. The van der Waals surface area contributed by atoms with Crippen molar-refractivity contribution in [2.45, 2.75) is 56.7 Å². The summed E-state index contributed by atoms with van der Waals surface area (Å²) in [5, 5.41) is 15.9. The minimum Gasteiger partial charge on any atom is -0.384 e. The number of nitrogens with one attached hydrogen (secondary N) is 4. The van der Waals surface area contributed by atoms with Crippen LogP contribution in [0, 0.1) is 11.8 Å². The lowest BCUT2D eigenvalue weighted by Gasteiger charge is -2.19. The maximum atomic E-state index is 12.7. The van der Waals surface area contributed by atoms with E-state index in [4.69, 9.17) is 0 Å². The first-order valence-corrected chi connectivity index (χ1v) is 19.2. The first kappa shape index (κ1) is 34.9. The van der Waals surface area contributed by atoms with E-state index in [1.165, 1.54) is 0 Å². The van der Waals surface area contributed by atoms with Crippen molar-refractivity contribution in [1.82, 2.24) is 24.4 Å².